The number of hydrogen-bond donors (Lipinski definition) is 1. The van der Waals surface area contributed by atoms with E-state index in [0.29, 0.717) is 6.04 Å². The van der Waals surface area contributed by atoms with Gasteiger partial charge >= 0.3 is 0 Å². The van der Waals surface area contributed by atoms with Crippen molar-refractivity contribution in [3.63, 3.8) is 0 Å². The van der Waals surface area contributed by atoms with E-state index < -0.39 is 0 Å². The first-order valence-electron chi connectivity index (χ1n) is 7.46. The molecule has 0 fully saturated rings. The van der Waals surface area contributed by atoms with Crippen LogP contribution in [0.4, 0.5) is 0 Å². The Morgan fingerprint density at radius 2 is 2.15 bits per heavy atom. The second kappa shape index (κ2) is 6.75. The van der Waals surface area contributed by atoms with Crippen molar-refractivity contribution in [2.24, 2.45) is 0 Å². The molecular weight excluding hydrogens is 250 g/mol. The van der Waals surface area contributed by atoms with Gasteiger partial charge in [-0.3, -0.25) is 0 Å². The molecule has 0 saturated carbocycles. The summed E-state index contributed by atoms with van der Waals surface area (Å²) in [6.07, 6.45) is 6.73. The number of nitrogens with zero attached hydrogens (tertiary/aromatic N) is 2. The average molecular weight is 275 g/mol. The van der Waals surface area contributed by atoms with Crippen LogP contribution in [0.1, 0.15) is 55.3 Å². The largest absolute Gasteiger partial charge is 0.361 e. The zero-order valence-electron chi connectivity index (χ0n) is 12.9. The Bertz CT molecular complexity index is 516. The topological polar surface area (TPSA) is 43.0 Å². The Kier molecular flexibility index (Phi) is 5.01. The van der Waals surface area contributed by atoms with E-state index in [2.05, 4.69) is 47.3 Å². The van der Waals surface area contributed by atoms with Gasteiger partial charge in [0.1, 0.15) is 5.76 Å². The Morgan fingerprint density at radius 3 is 2.75 bits per heavy atom. The van der Waals surface area contributed by atoms with Crippen LogP contribution in [0.2, 0.25) is 0 Å². The molecule has 0 aliphatic heterocycles. The van der Waals surface area contributed by atoms with Gasteiger partial charge in [0.15, 0.2) is 0 Å². The molecule has 110 valence electrons. The van der Waals surface area contributed by atoms with E-state index in [-0.39, 0.29) is 0 Å². The second-order valence-electron chi connectivity index (χ2n) is 5.32. The molecule has 0 saturated heterocycles. The molecule has 20 heavy (non-hydrogen) atoms. The molecule has 0 aliphatic rings. The fraction of sp³-hybridized carbons (Fsp3) is 0.562. The zero-order chi connectivity index (χ0) is 14.5. The van der Waals surface area contributed by atoms with Gasteiger partial charge in [-0.1, -0.05) is 25.4 Å². The maximum absolute atomic E-state index is 5.22. The molecule has 0 radical (unpaired) electrons. The molecule has 0 spiro atoms. The van der Waals surface area contributed by atoms with E-state index in [0.717, 1.165) is 24.5 Å². The maximum Gasteiger partial charge on any atom is 0.138 e. The molecular formula is C16H25N3O. The van der Waals surface area contributed by atoms with Crippen molar-refractivity contribution in [1.82, 2.24) is 15.0 Å². The summed E-state index contributed by atoms with van der Waals surface area (Å²) >= 11 is 0. The predicted octanol–water partition coefficient (Wildman–Crippen LogP) is 3.59. The van der Waals surface area contributed by atoms with Gasteiger partial charge in [0.25, 0.3) is 0 Å². The normalized spacial score (nSPS) is 12.8. The van der Waals surface area contributed by atoms with Gasteiger partial charge in [-0.2, -0.15) is 0 Å². The minimum Gasteiger partial charge on any atom is -0.361 e. The van der Waals surface area contributed by atoms with Gasteiger partial charge in [-0.15, -0.1) is 0 Å². The Balaban J connectivity index is 2.12. The van der Waals surface area contributed by atoms with Gasteiger partial charge in [0, 0.05) is 24.0 Å². The van der Waals surface area contributed by atoms with Gasteiger partial charge in [-0.25, -0.2) is 0 Å². The van der Waals surface area contributed by atoms with Crippen LogP contribution in [0.25, 0.3) is 0 Å². The highest BCUT2D eigenvalue weighted by atomic mass is 16.5. The lowest BCUT2D eigenvalue weighted by molar-refractivity contribution is 0.392. The van der Waals surface area contributed by atoms with E-state index >= 15 is 0 Å². The third-order valence-electron chi connectivity index (χ3n) is 3.73. The Morgan fingerprint density at radius 1 is 1.35 bits per heavy atom. The molecule has 4 heteroatoms. The molecule has 1 N–H and O–H groups in total. The lowest BCUT2D eigenvalue weighted by Crippen LogP contribution is -2.20. The van der Waals surface area contributed by atoms with Crippen molar-refractivity contribution in [3.8, 4) is 0 Å². The Labute approximate surface area is 121 Å². The molecule has 0 aliphatic carbocycles. The lowest BCUT2D eigenvalue weighted by Gasteiger charge is -2.15. The first kappa shape index (κ1) is 14.9. The molecule has 2 aromatic rings. The van der Waals surface area contributed by atoms with Gasteiger partial charge < -0.3 is 14.4 Å². The summed E-state index contributed by atoms with van der Waals surface area (Å²) in [7, 11) is 0. The summed E-state index contributed by atoms with van der Waals surface area (Å²) < 4.78 is 7.43. The fourth-order valence-electron chi connectivity index (χ4n) is 2.60. The molecule has 2 heterocycles. The van der Waals surface area contributed by atoms with Crippen molar-refractivity contribution in [1.29, 1.82) is 0 Å². The van der Waals surface area contributed by atoms with E-state index in [4.69, 9.17) is 4.52 Å². The molecule has 4 nitrogen and oxygen atoms in total. The molecule has 0 amide bonds. The van der Waals surface area contributed by atoms with Crippen LogP contribution in [-0.2, 0) is 6.54 Å². The van der Waals surface area contributed by atoms with Crippen molar-refractivity contribution < 1.29 is 4.52 Å². The summed E-state index contributed by atoms with van der Waals surface area (Å²) in [6, 6.07) is 2.66. The third-order valence-corrected chi connectivity index (χ3v) is 3.73. The summed E-state index contributed by atoms with van der Waals surface area (Å²) in [4.78, 5) is 0. The molecule has 2 rings (SSSR count). The second-order valence-corrected chi connectivity index (χ2v) is 5.32. The fourth-order valence-corrected chi connectivity index (χ4v) is 2.60. The lowest BCUT2D eigenvalue weighted by atomic mass is 10.1. The minimum atomic E-state index is 0.455. The maximum atomic E-state index is 5.22. The summed E-state index contributed by atoms with van der Waals surface area (Å²) in [5.74, 6) is 0.912. The standard InChI is InChI=1S/C16H25N3O/c1-5-7-16(17-6-2)14-8-9-19(10-14)11-15-12(3)18-20-13(15)4/h8-10,16-17H,5-7,11H2,1-4H3. The quantitative estimate of drug-likeness (QED) is 0.839. The van der Waals surface area contributed by atoms with Crippen LogP contribution >= 0.6 is 0 Å². The summed E-state index contributed by atoms with van der Waals surface area (Å²) in [6.45, 7) is 10.2. The van der Waals surface area contributed by atoms with Crippen molar-refractivity contribution in [3.05, 3.63) is 41.0 Å². The number of rotatable bonds is 7. The van der Waals surface area contributed by atoms with Crippen molar-refractivity contribution in [2.75, 3.05) is 6.54 Å². The van der Waals surface area contributed by atoms with Crippen molar-refractivity contribution in [2.45, 2.75) is 53.1 Å². The van der Waals surface area contributed by atoms with E-state index in [9.17, 15) is 0 Å². The van der Waals surface area contributed by atoms with E-state index in [1.807, 2.05) is 13.8 Å². The SMILES string of the molecule is CCCC(NCC)c1ccn(Cc2c(C)noc2C)c1. The van der Waals surface area contributed by atoms with Crippen LogP contribution in [0.5, 0.6) is 0 Å². The molecule has 0 bridgehead atoms. The molecule has 0 aromatic carbocycles. The predicted molar refractivity (Wildman–Crippen MR) is 80.8 cm³/mol. The Hall–Kier alpha value is -1.55. The summed E-state index contributed by atoms with van der Waals surface area (Å²) in [5.41, 5.74) is 3.53. The van der Waals surface area contributed by atoms with Crippen LogP contribution in [0.15, 0.2) is 23.0 Å². The highest BCUT2D eigenvalue weighted by Crippen LogP contribution is 2.20. The highest BCUT2D eigenvalue weighted by Gasteiger charge is 2.13. The minimum absolute atomic E-state index is 0.455. The number of nitrogens with one attached hydrogen (secondary N) is 1. The van der Waals surface area contributed by atoms with Gasteiger partial charge in [-0.05, 0) is 38.4 Å². The first-order valence-corrected chi connectivity index (χ1v) is 7.46. The molecule has 2 aromatic heterocycles. The van der Waals surface area contributed by atoms with Gasteiger partial charge in [0.2, 0.25) is 0 Å². The van der Waals surface area contributed by atoms with E-state index in [1.54, 1.807) is 0 Å². The van der Waals surface area contributed by atoms with Crippen LogP contribution < -0.4 is 5.32 Å². The van der Waals surface area contributed by atoms with Crippen LogP contribution in [0, 0.1) is 13.8 Å². The number of aromatic nitrogens is 2. The first-order chi connectivity index (χ1) is 9.65. The average Bonchev–Trinajstić information content (AvgIpc) is 3.01. The third kappa shape index (κ3) is 3.31. The zero-order valence-corrected chi connectivity index (χ0v) is 12.9. The summed E-state index contributed by atoms with van der Waals surface area (Å²) in [5, 5.41) is 7.56. The highest BCUT2D eigenvalue weighted by molar-refractivity contribution is 5.23. The molecule has 1 atom stereocenters. The number of hydrogen-bond acceptors (Lipinski definition) is 3. The van der Waals surface area contributed by atoms with Gasteiger partial charge in [0.05, 0.1) is 12.2 Å². The van der Waals surface area contributed by atoms with Crippen LogP contribution in [0.3, 0.4) is 0 Å². The van der Waals surface area contributed by atoms with E-state index in [1.165, 1.54) is 24.0 Å². The molecule has 1 unspecified atom stereocenters. The van der Waals surface area contributed by atoms with Crippen molar-refractivity contribution >= 4 is 0 Å². The smallest absolute Gasteiger partial charge is 0.138 e. The monoisotopic (exact) mass is 275 g/mol. The van der Waals surface area contributed by atoms with Crippen LogP contribution in [-0.4, -0.2) is 16.3 Å². The number of aryl methyl sites for hydroxylation is 2.